The lowest BCUT2D eigenvalue weighted by atomic mass is 10.3. The lowest BCUT2D eigenvalue weighted by Crippen LogP contribution is -2.30. The van der Waals surface area contributed by atoms with Crippen molar-refractivity contribution in [3.63, 3.8) is 0 Å². The molecule has 0 amide bonds. The fourth-order valence-corrected chi connectivity index (χ4v) is 1.85. The van der Waals surface area contributed by atoms with Crippen LogP contribution in [-0.4, -0.2) is 27.5 Å². The van der Waals surface area contributed by atoms with Crippen LogP contribution < -0.4 is 5.49 Å². The van der Waals surface area contributed by atoms with Crippen molar-refractivity contribution < 1.29 is 9.72 Å². The molecule has 6 nitrogen and oxygen atoms in total. The molecule has 0 aromatic carbocycles. The van der Waals surface area contributed by atoms with Crippen LogP contribution in [0.15, 0.2) is 29.4 Å². The summed E-state index contributed by atoms with van der Waals surface area (Å²) in [5.74, 6) is -0.745. The number of pyridine rings is 1. The van der Waals surface area contributed by atoms with Crippen LogP contribution in [-0.2, 0) is 0 Å². The second-order valence-electron chi connectivity index (χ2n) is 4.68. The monoisotopic (exact) mass is 249 g/mol. The second kappa shape index (κ2) is 4.72. The Bertz CT molecular complexity index is 547. The van der Waals surface area contributed by atoms with E-state index >= 15 is 0 Å². The summed E-state index contributed by atoms with van der Waals surface area (Å²) in [5, 5.41) is 10.6. The average Bonchev–Trinajstić information content (AvgIpc) is 3.08. The van der Waals surface area contributed by atoms with E-state index in [1.807, 2.05) is 13.8 Å². The lowest BCUT2D eigenvalue weighted by Gasteiger charge is -2.05. The smallest absolute Gasteiger partial charge is 0.242 e. The molecule has 1 aromatic rings. The fraction of sp³-hybridized carbons (Fsp3) is 0.500. The van der Waals surface area contributed by atoms with Gasteiger partial charge in [0.15, 0.2) is 0 Å². The Morgan fingerprint density at radius 2 is 2.28 bits per heavy atom. The molecule has 0 spiro atoms. The highest BCUT2D eigenvalue weighted by Crippen LogP contribution is 2.33. The Morgan fingerprint density at radius 3 is 2.83 bits per heavy atom. The maximum absolute atomic E-state index is 12.1. The molecule has 1 aliphatic rings. The van der Waals surface area contributed by atoms with E-state index in [1.54, 1.807) is 24.4 Å². The number of hydrogen-bond donors (Lipinski definition) is 0. The molecule has 2 rings (SSSR count). The molecule has 0 saturated heterocycles. The van der Waals surface area contributed by atoms with E-state index in [9.17, 15) is 14.9 Å². The minimum atomic E-state index is -0.725. The van der Waals surface area contributed by atoms with Gasteiger partial charge in [0.1, 0.15) is 11.4 Å². The number of hydrogen-bond acceptors (Lipinski definition) is 4. The van der Waals surface area contributed by atoms with E-state index in [0.717, 1.165) is 0 Å². The van der Waals surface area contributed by atoms with Crippen LogP contribution >= 0.6 is 0 Å². The first-order valence-corrected chi connectivity index (χ1v) is 5.90. The molecule has 96 valence electrons. The van der Waals surface area contributed by atoms with Crippen LogP contribution in [0.5, 0.6) is 0 Å². The van der Waals surface area contributed by atoms with Crippen LogP contribution in [0.3, 0.4) is 0 Å². The third-order valence-electron chi connectivity index (χ3n) is 2.81. The summed E-state index contributed by atoms with van der Waals surface area (Å²) in [7, 11) is 0. The zero-order valence-electron chi connectivity index (χ0n) is 10.3. The van der Waals surface area contributed by atoms with E-state index in [2.05, 4.69) is 4.99 Å². The number of aromatic nitrogens is 1. The van der Waals surface area contributed by atoms with Gasteiger partial charge in [-0.05, 0) is 26.0 Å². The highest BCUT2D eigenvalue weighted by Gasteiger charge is 2.53. The van der Waals surface area contributed by atoms with Gasteiger partial charge >= 0.3 is 0 Å². The summed E-state index contributed by atoms with van der Waals surface area (Å²) >= 11 is 0. The summed E-state index contributed by atoms with van der Waals surface area (Å²) in [6.45, 7) is 3.83. The van der Waals surface area contributed by atoms with Gasteiger partial charge in [0, 0.05) is 23.6 Å². The molecule has 0 aliphatic heterocycles. The van der Waals surface area contributed by atoms with Crippen molar-refractivity contribution in [3.05, 3.63) is 40.0 Å². The fourth-order valence-electron chi connectivity index (χ4n) is 1.85. The van der Waals surface area contributed by atoms with Gasteiger partial charge in [-0.25, -0.2) is 0 Å². The van der Waals surface area contributed by atoms with Crippen LogP contribution in [0.1, 0.15) is 25.1 Å². The maximum atomic E-state index is 12.1. The van der Waals surface area contributed by atoms with Crippen LogP contribution in [0.2, 0.25) is 0 Å². The summed E-state index contributed by atoms with van der Waals surface area (Å²) in [6.07, 6.45) is 1.94. The van der Waals surface area contributed by atoms with Crippen molar-refractivity contribution in [1.82, 2.24) is 4.57 Å². The number of nitrogens with zero attached hydrogens (tertiary/aromatic N) is 3. The Kier molecular flexibility index (Phi) is 3.27. The number of nitro groups is 1. The van der Waals surface area contributed by atoms with E-state index in [1.165, 1.54) is 4.57 Å². The summed E-state index contributed by atoms with van der Waals surface area (Å²) in [6, 6.07) is 4.60. The van der Waals surface area contributed by atoms with E-state index in [-0.39, 0.29) is 16.9 Å². The Balaban J connectivity index is 2.30. The Hall–Kier alpha value is -1.98. The molecular formula is C12H15N3O3. The third-order valence-corrected chi connectivity index (χ3v) is 2.81. The van der Waals surface area contributed by atoms with E-state index in [4.69, 9.17) is 0 Å². The molecule has 1 aliphatic carbocycles. The molecule has 0 unspecified atom stereocenters. The normalized spacial score (nSPS) is 23.2. The molecule has 0 bridgehead atoms. The quantitative estimate of drug-likeness (QED) is 0.594. The average molecular weight is 249 g/mol. The highest BCUT2D eigenvalue weighted by molar-refractivity contribution is 5.84. The molecule has 1 fully saturated rings. The topological polar surface area (TPSA) is 77.5 Å². The maximum Gasteiger partial charge on any atom is 0.242 e. The van der Waals surface area contributed by atoms with Crippen molar-refractivity contribution in [2.75, 3.05) is 0 Å². The van der Waals surface area contributed by atoms with Crippen molar-refractivity contribution in [2.24, 2.45) is 10.9 Å². The van der Waals surface area contributed by atoms with E-state index in [0.29, 0.717) is 11.9 Å². The molecule has 1 saturated carbocycles. The molecule has 18 heavy (non-hydrogen) atoms. The van der Waals surface area contributed by atoms with Gasteiger partial charge in [0.05, 0.1) is 0 Å². The molecule has 0 radical (unpaired) electrons. The minimum absolute atomic E-state index is 0.0666. The van der Waals surface area contributed by atoms with Crippen LogP contribution in [0, 0.1) is 16.0 Å². The summed E-state index contributed by atoms with van der Waals surface area (Å²) in [5.41, 5.74) is 0.548. The van der Waals surface area contributed by atoms with Crippen molar-refractivity contribution in [3.8, 4) is 0 Å². The Morgan fingerprint density at radius 1 is 1.56 bits per heavy atom. The number of carbonyl (C=O) groups excluding carboxylic acids is 1. The van der Waals surface area contributed by atoms with Gasteiger partial charge in [-0.3, -0.25) is 24.5 Å². The largest absolute Gasteiger partial charge is 0.273 e. The van der Waals surface area contributed by atoms with Gasteiger partial charge in [-0.15, -0.1) is 0 Å². The first kappa shape index (κ1) is 12.5. The van der Waals surface area contributed by atoms with Crippen LogP contribution in [0.25, 0.3) is 0 Å². The predicted octanol–water partition coefficient (Wildman–Crippen LogP) is 1.10. The SMILES string of the molecule is CC(C)N=c1ccccn1C(=O)[C@H]1C[C@H]1[N+](=O)[O-]. The van der Waals surface area contributed by atoms with E-state index < -0.39 is 12.0 Å². The first-order valence-electron chi connectivity index (χ1n) is 5.90. The second-order valence-corrected chi connectivity index (χ2v) is 4.68. The third kappa shape index (κ3) is 2.47. The minimum Gasteiger partial charge on any atom is -0.273 e. The van der Waals surface area contributed by atoms with Gasteiger partial charge < -0.3 is 0 Å². The number of rotatable bonds is 3. The predicted molar refractivity (Wildman–Crippen MR) is 64.6 cm³/mol. The highest BCUT2D eigenvalue weighted by atomic mass is 16.6. The molecule has 2 atom stereocenters. The molecular weight excluding hydrogens is 234 g/mol. The lowest BCUT2D eigenvalue weighted by molar-refractivity contribution is -0.497. The summed E-state index contributed by atoms with van der Waals surface area (Å²) in [4.78, 5) is 26.7. The first-order chi connectivity index (χ1) is 8.50. The van der Waals surface area contributed by atoms with Gasteiger partial charge in [-0.2, -0.15) is 0 Å². The zero-order chi connectivity index (χ0) is 13.3. The molecule has 6 heteroatoms. The van der Waals surface area contributed by atoms with Crippen LogP contribution in [0.4, 0.5) is 0 Å². The van der Waals surface area contributed by atoms with Crippen molar-refractivity contribution in [1.29, 1.82) is 0 Å². The molecule has 1 aromatic heterocycles. The summed E-state index contributed by atoms with van der Waals surface area (Å²) < 4.78 is 1.41. The van der Waals surface area contributed by atoms with Gasteiger partial charge in [0.2, 0.25) is 11.9 Å². The van der Waals surface area contributed by atoms with Crippen molar-refractivity contribution in [2.45, 2.75) is 32.4 Å². The molecule has 1 heterocycles. The Labute approximate surface area is 104 Å². The standard InChI is InChI=1S/C12H15N3O3/c1-8(2)13-11-5-3-4-6-14(11)12(16)9-7-10(9)15(17)18/h3-6,8-10H,7H2,1-2H3/t9-,10+/m0/s1. The van der Waals surface area contributed by atoms with Crippen molar-refractivity contribution >= 4 is 5.91 Å². The van der Waals surface area contributed by atoms with Gasteiger partial charge in [0.25, 0.3) is 0 Å². The molecule has 0 N–H and O–H groups in total. The number of carbonyl (C=O) groups is 1. The van der Waals surface area contributed by atoms with Gasteiger partial charge in [-0.1, -0.05) is 6.07 Å². The zero-order valence-corrected chi connectivity index (χ0v) is 10.3.